The molecule has 16 rings (SSSR count). The van der Waals surface area contributed by atoms with Gasteiger partial charge in [0.1, 0.15) is 82.9 Å². The molecule has 7 N–H and O–H groups in total. The molecule has 0 unspecified atom stereocenters. The Hall–Kier alpha value is -13.7. The second kappa shape index (κ2) is 47.9. The van der Waals surface area contributed by atoms with Crippen LogP contribution in [-0.2, 0) is 66.5 Å². The summed E-state index contributed by atoms with van der Waals surface area (Å²) < 4.78 is 86.7. The van der Waals surface area contributed by atoms with Crippen LogP contribution in [0.3, 0.4) is 0 Å². The molecule has 772 valence electrons. The Morgan fingerprint density at radius 1 is 0.448 bits per heavy atom. The fourth-order valence-electron chi connectivity index (χ4n) is 18.0. The first-order valence-corrected chi connectivity index (χ1v) is 49.6. The maximum atomic E-state index is 15.3. The van der Waals surface area contributed by atoms with Crippen molar-refractivity contribution in [3.8, 4) is 56.0 Å². The van der Waals surface area contributed by atoms with E-state index in [2.05, 4.69) is 51.2 Å². The van der Waals surface area contributed by atoms with Crippen LogP contribution >= 0.6 is 22.6 Å². The second-order valence-electron chi connectivity index (χ2n) is 38.7. The second-order valence-corrected chi connectivity index (χ2v) is 39.9. The number of alkyl carbamates (subject to hydrolysis) is 3. The van der Waals surface area contributed by atoms with Crippen molar-refractivity contribution in [1.82, 2.24) is 65.9 Å². The zero-order valence-electron chi connectivity index (χ0n) is 84.1. The zero-order valence-corrected chi connectivity index (χ0v) is 86.2. The van der Waals surface area contributed by atoms with Gasteiger partial charge in [0.15, 0.2) is 0 Å². The maximum absolute atomic E-state index is 15.3. The number of aromatic nitrogens is 6. The lowest BCUT2D eigenvalue weighted by Gasteiger charge is -2.32. The Morgan fingerprint density at radius 3 is 1.07 bits per heavy atom. The number of methoxy groups -OCH3 is 3. The van der Waals surface area contributed by atoms with Crippen molar-refractivity contribution in [2.45, 2.75) is 220 Å². The number of amides is 10. The minimum Gasteiger partial charge on any atom is -0.453 e. The van der Waals surface area contributed by atoms with Gasteiger partial charge in [-0.05, 0) is 221 Å². The molecule has 7 aliphatic rings. The predicted octanol–water partition coefficient (Wildman–Crippen LogP) is 16.6. The minimum absolute atomic E-state index is 0.0254. The number of benzene rings is 6. The van der Waals surface area contributed by atoms with Crippen molar-refractivity contribution >= 4 is 124 Å². The van der Waals surface area contributed by atoms with Crippen LogP contribution in [0.2, 0.25) is 0 Å². The Balaban J connectivity index is 0.000000168. The van der Waals surface area contributed by atoms with E-state index in [0.29, 0.717) is 106 Å². The molecule has 9 aromatic rings. The van der Waals surface area contributed by atoms with Crippen LogP contribution in [0.1, 0.15) is 190 Å². The summed E-state index contributed by atoms with van der Waals surface area (Å²) in [5.74, 6) is -0.215. The number of likely N-dealkylation sites (tertiary alicyclic amines) is 3. The molecule has 145 heavy (non-hydrogen) atoms. The summed E-state index contributed by atoms with van der Waals surface area (Å²) >= 11 is 1.88. The van der Waals surface area contributed by atoms with Crippen molar-refractivity contribution in [1.29, 1.82) is 0 Å². The quantitative estimate of drug-likeness (QED) is 0.0130. The average molecular weight is 2110 g/mol. The summed E-state index contributed by atoms with van der Waals surface area (Å²) in [5, 5.41) is 10.6. The fraction of sp³-hybridized carbons (Fsp3) is 0.452. The number of carbonyl (C=O) groups excluding carboxylic acids is 12. The molecule has 6 aromatic carbocycles. The summed E-state index contributed by atoms with van der Waals surface area (Å²) in [6, 6.07) is 33.8. The molecule has 0 radical (unpaired) electrons. The van der Waals surface area contributed by atoms with E-state index in [-0.39, 0.29) is 108 Å². The highest BCUT2D eigenvalue weighted by Crippen LogP contribution is 2.42. The summed E-state index contributed by atoms with van der Waals surface area (Å²) in [5.41, 5.74) is 8.58. The third-order valence-electron chi connectivity index (χ3n) is 26.9. The molecule has 7 fully saturated rings. The van der Waals surface area contributed by atoms with E-state index >= 15 is 8.78 Å². The highest BCUT2D eigenvalue weighted by atomic mass is 127. The third kappa shape index (κ3) is 26.5. The summed E-state index contributed by atoms with van der Waals surface area (Å²) in [6.45, 7) is 26.7. The number of ether oxygens (including phenoxy) is 6. The number of ketones is 2. The Kier molecular flexibility index (Phi) is 35.8. The van der Waals surface area contributed by atoms with E-state index < -0.39 is 91.7 Å². The largest absolute Gasteiger partial charge is 0.494 e. The number of hydrogen-bond donors (Lipinski definition) is 7. The average Bonchev–Trinajstić information content (AvgIpc) is 1.62. The molecule has 36 nitrogen and oxygen atoms in total. The lowest BCUT2D eigenvalue weighted by atomic mass is 9.79. The van der Waals surface area contributed by atoms with Crippen LogP contribution in [0.25, 0.3) is 56.0 Å². The number of Topliss-reactive ketones (excluding diaryl/α,β-unsaturated/α-hetero) is 2. The van der Waals surface area contributed by atoms with Crippen molar-refractivity contribution in [3.63, 3.8) is 0 Å². The number of aromatic amines is 3. The van der Waals surface area contributed by atoms with E-state index in [1.165, 1.54) is 75.0 Å². The first kappa shape index (κ1) is 109. The normalized spacial score (nSPS) is 19.4. The van der Waals surface area contributed by atoms with Crippen LogP contribution in [-0.4, -0.2) is 238 Å². The molecule has 10 amide bonds. The van der Waals surface area contributed by atoms with E-state index in [1.807, 2.05) is 170 Å². The monoisotopic (exact) mass is 2110 g/mol. The van der Waals surface area contributed by atoms with Crippen molar-refractivity contribution in [2.75, 3.05) is 81.8 Å². The predicted molar refractivity (Wildman–Crippen MR) is 543 cm³/mol. The molecule has 9 atom stereocenters. The maximum Gasteiger partial charge on any atom is 0.494 e. The number of imidazole rings is 3. The van der Waals surface area contributed by atoms with Crippen LogP contribution in [0.4, 0.5) is 59.0 Å². The van der Waals surface area contributed by atoms with Gasteiger partial charge in [-0.2, -0.15) is 0 Å². The van der Waals surface area contributed by atoms with Gasteiger partial charge in [0.25, 0.3) is 0 Å². The van der Waals surface area contributed by atoms with E-state index in [1.54, 1.807) is 64.8 Å². The van der Waals surface area contributed by atoms with E-state index in [0.717, 1.165) is 83.6 Å². The van der Waals surface area contributed by atoms with Gasteiger partial charge in [-0.3, -0.25) is 33.9 Å². The Morgan fingerprint density at radius 2 is 0.759 bits per heavy atom. The van der Waals surface area contributed by atoms with Gasteiger partial charge in [-0.15, -0.1) is 0 Å². The van der Waals surface area contributed by atoms with Gasteiger partial charge in [0, 0.05) is 54.1 Å². The highest BCUT2D eigenvalue weighted by Gasteiger charge is 2.52. The molecule has 41 heteroatoms. The van der Waals surface area contributed by atoms with Crippen LogP contribution in [0.15, 0.2) is 146 Å². The lowest BCUT2D eigenvalue weighted by Crippen LogP contribution is -2.51. The van der Waals surface area contributed by atoms with Crippen molar-refractivity contribution < 1.29 is 108 Å². The number of rotatable bonds is 29. The lowest BCUT2D eigenvalue weighted by molar-refractivity contribution is -0.136. The van der Waals surface area contributed by atoms with E-state index in [9.17, 15) is 61.9 Å². The first-order valence-electron chi connectivity index (χ1n) is 48.5. The topological polar surface area (TPSA) is 432 Å². The summed E-state index contributed by atoms with van der Waals surface area (Å²) in [7, 11) is 3.42. The number of nitrogens with one attached hydrogen (secondary N) is 7. The molecule has 3 aromatic heterocycles. The molecule has 10 heterocycles. The molecular formula is C104H125BF3IN16O20. The first-order chi connectivity index (χ1) is 69.0. The number of hydrogen-bond acceptors (Lipinski definition) is 23. The minimum atomic E-state index is -0.715. The zero-order chi connectivity index (χ0) is 105. The molecule has 0 bridgehead atoms. The molecule has 7 saturated heterocycles. The number of carbonyl (C=O) groups is 12. The SMILES string of the molecule is CC(=O)NC[C@H]1CN(c2ccc(I)c(F)c2)C(=O)O1.COC(=O)N[C@H](C(=O)N1CCC[C@H]1c1ncc(-c2ccc(-c3ccc(N4C[C@H](CCC(C)=O)OC4=O)cc3F)cc2)[nH]1)C(C)C.COC(=O)N[C@H](C(=O)N1CCC[C@H]1c1ncc(-c2ccc(-c3ccc(N4C[C@H](CCC(C)=O)OC4=O)cc3F)cc2)[nH]1)C(C)C.COC(=O)N[C@H](C(=O)N1CCC[C@H]1c1ncc(-c2ccc(B3OC(C)(C)C(C)(C)O3)cc2)[nH]1)C(C)C. The molecule has 7 aliphatic heterocycles. The van der Waals surface area contributed by atoms with Gasteiger partial charge in [-0.1, -0.05) is 114 Å². The van der Waals surface area contributed by atoms with Gasteiger partial charge >= 0.3 is 43.7 Å². The van der Waals surface area contributed by atoms with Gasteiger partial charge < -0.3 is 98.2 Å². The number of anilines is 3. The standard InChI is InChI=1S/2C33H38FN5O6.C26H37BN4O5.C12H12FIN2O3/c2*1-19(2)29(37-32(42)44-4)31(41)38-15-5-6-28(38)30-35-17-27(36-30)22-10-8-21(9-11-22)25-14-12-23(16-26(25)34)39-18-24(45-33(39)43)13-7-20(3)40;1-16(2)21(30-24(33)34-7)23(32)31-14-8-9-20(31)22-28-15-19(29-22)17-10-12-18(13-11-17)27-35-25(3,4)26(5,6)36-27;1-7(17)15-5-9-6-16(12(18)19-9)8-2-3-11(14)10(13)4-8/h2*8-12,14,16-17,19,24,28-29H,5-7,13,15,18H2,1-4H3,(H,35,36)(H,37,42);10-13,15-16,20-21H,8-9,14H2,1-7H3,(H,28,29)(H,30,33);2-4,9H,5-6H2,1H3,(H,15,17)/t2*24-,28-,29-;20-,21-;9-/m0000/s1. The van der Waals surface area contributed by atoms with Crippen LogP contribution in [0.5, 0.6) is 0 Å². The number of H-pyrrole nitrogens is 3. The van der Waals surface area contributed by atoms with Crippen LogP contribution in [0, 0.1) is 38.8 Å². The Labute approximate surface area is 853 Å². The molecule has 0 aliphatic carbocycles. The number of cyclic esters (lactones) is 3. The van der Waals surface area contributed by atoms with Gasteiger partial charge in [-0.25, -0.2) is 56.9 Å². The van der Waals surface area contributed by atoms with Crippen LogP contribution < -0.4 is 41.4 Å². The Bertz CT molecular complexity index is 5930. The van der Waals surface area contributed by atoms with Gasteiger partial charge in [0.05, 0.1) is 130 Å². The third-order valence-corrected chi connectivity index (χ3v) is 27.7. The smallest absolute Gasteiger partial charge is 0.453 e. The highest BCUT2D eigenvalue weighted by molar-refractivity contribution is 14.1. The van der Waals surface area contributed by atoms with Crippen molar-refractivity contribution in [2.24, 2.45) is 17.8 Å². The molecule has 0 saturated carbocycles. The fourth-order valence-corrected chi connectivity index (χ4v) is 18.4. The summed E-state index contributed by atoms with van der Waals surface area (Å²) in [4.78, 5) is 179. The molecule has 0 spiro atoms. The van der Waals surface area contributed by atoms with Gasteiger partial charge in [0.2, 0.25) is 23.6 Å². The molecular weight excluding hydrogens is 1990 g/mol. The summed E-state index contributed by atoms with van der Waals surface area (Å²) in [6.07, 6.45) is 6.76. The van der Waals surface area contributed by atoms with Crippen molar-refractivity contribution in [3.05, 3.63) is 184 Å². The number of halogens is 4. The number of nitrogens with zero attached hydrogens (tertiary/aromatic N) is 9. The van der Waals surface area contributed by atoms with E-state index in [4.69, 9.17) is 37.7 Å².